The van der Waals surface area contributed by atoms with E-state index >= 15 is 0 Å². The first-order valence-corrected chi connectivity index (χ1v) is 53.7. The summed E-state index contributed by atoms with van der Waals surface area (Å²) in [4.78, 5) is 0. The topological polar surface area (TPSA) is 303 Å². The SMILES string of the molecule is CC(C)(C)C(C)(C)O.CC(C)(C)C(C)(C)O.CC(C)(C)C1(C)CC1.CC(C)(C)C1(C)CC1O.CC(C)(C)CC(C)(C)O.CC(C)(C)CCC(C)(C)O.CC(C)(C)CCCC(C)(C)O.CC(C)(C)CCO.CC(C)(C)CO.CC(O)C(C)(C)C.CCC(C)(O)C(C)(C)C.CCC(O)(CC)C(C)(C)C.CCCC(C)(O)C(C)(C)C.CCCC(O)(CC)C(C)(C)C.[2H]C(C)(O)C(C)(C)C.[2H]C([2H])([2H])C(C)(O)C(C)(C)C. The molecule has 138 heavy (non-hydrogen) atoms. The molecule has 0 aromatic heterocycles. The van der Waals surface area contributed by atoms with E-state index < -0.39 is 74.4 Å². The van der Waals surface area contributed by atoms with E-state index in [0.717, 1.165) is 96.3 Å². The molecule has 0 heterocycles. The molecule has 0 aromatic carbocycles. The molecule has 8 unspecified atom stereocenters. The summed E-state index contributed by atoms with van der Waals surface area (Å²) in [6.45, 7) is 141. The molecule has 0 amide bonds. The van der Waals surface area contributed by atoms with Crippen LogP contribution in [0.1, 0.15) is 619 Å². The molecule has 2 aliphatic carbocycles. The second kappa shape index (κ2) is 64.8. The average Bonchev–Trinajstić information content (AvgIpc) is 1.59. The molecule has 15 nitrogen and oxygen atoms in total. The predicted molar refractivity (Wildman–Crippen MR) is 617 cm³/mol. The van der Waals surface area contributed by atoms with Gasteiger partial charge in [-0.1, -0.05) is 407 Å². The summed E-state index contributed by atoms with van der Waals surface area (Å²) in [6.07, 6.45) is 16.5. The molecule has 15 heteroatoms. The Kier molecular flexibility index (Phi) is 74.0. The van der Waals surface area contributed by atoms with Gasteiger partial charge >= 0.3 is 0 Å². The highest BCUT2D eigenvalue weighted by atomic mass is 16.3. The molecule has 2 aliphatic rings. The Morgan fingerprint density at radius 2 is 0.558 bits per heavy atom. The van der Waals surface area contributed by atoms with Gasteiger partial charge < -0.3 is 76.6 Å². The zero-order chi connectivity index (χ0) is 120. The van der Waals surface area contributed by atoms with Crippen molar-refractivity contribution in [3.63, 3.8) is 0 Å². The summed E-state index contributed by atoms with van der Waals surface area (Å²) >= 11 is 0. The van der Waals surface area contributed by atoms with E-state index in [-0.39, 0.29) is 83.8 Å². The second-order valence-electron chi connectivity index (χ2n) is 62.4. The van der Waals surface area contributed by atoms with Crippen LogP contribution in [0.3, 0.4) is 0 Å². The molecule has 856 valence electrons. The first-order chi connectivity index (χ1) is 60.1. The molecule has 2 rings (SSSR count). The van der Waals surface area contributed by atoms with Gasteiger partial charge in [-0.15, -0.1) is 0 Å². The van der Waals surface area contributed by atoms with Crippen molar-refractivity contribution in [3.8, 4) is 0 Å². The molecule has 0 aromatic rings. The fourth-order valence-electron chi connectivity index (χ4n) is 9.65. The van der Waals surface area contributed by atoms with Crippen LogP contribution in [0.2, 0.25) is 0 Å². The summed E-state index contributed by atoms with van der Waals surface area (Å²) in [6, 6.07) is 0. The molecule has 2 saturated carbocycles. The molecular weight excluding hydrogens is 1720 g/mol. The van der Waals surface area contributed by atoms with Gasteiger partial charge in [0.05, 0.1) is 75.7 Å². The van der Waals surface area contributed by atoms with Crippen molar-refractivity contribution in [1.29, 1.82) is 0 Å². The highest BCUT2D eigenvalue weighted by Crippen LogP contribution is 2.59. The summed E-state index contributed by atoms with van der Waals surface area (Å²) in [5.41, 5.74) is -4.03. The van der Waals surface area contributed by atoms with Crippen molar-refractivity contribution in [2.24, 2.45) is 97.5 Å². The number of hydrogen-bond acceptors (Lipinski definition) is 15. The van der Waals surface area contributed by atoms with Crippen LogP contribution in [0, 0.1) is 97.5 Å². The maximum atomic E-state index is 10.2. The van der Waals surface area contributed by atoms with Gasteiger partial charge in [-0.25, -0.2) is 0 Å². The van der Waals surface area contributed by atoms with Gasteiger partial charge in [0.1, 0.15) is 0 Å². The molecule has 8 atom stereocenters. The monoisotopic (exact) mass is 2000 g/mol. The second-order valence-corrected chi connectivity index (χ2v) is 62.4. The van der Waals surface area contributed by atoms with Gasteiger partial charge in [-0.05, 0) is 299 Å². The van der Waals surface area contributed by atoms with Crippen LogP contribution in [0.25, 0.3) is 0 Å². The zero-order valence-corrected chi connectivity index (χ0v) is 108. The third-order valence-corrected chi connectivity index (χ3v) is 28.6. The molecule has 0 saturated heterocycles. The number of rotatable bonds is 15. The lowest BCUT2D eigenvalue weighted by atomic mass is 9.72. The van der Waals surface area contributed by atoms with E-state index in [1.165, 1.54) is 33.1 Å². The number of aliphatic hydroxyl groups is 15. The molecule has 0 spiro atoms. The first-order valence-electron chi connectivity index (χ1n) is 55.7. The largest absolute Gasteiger partial charge is 0.396 e. The molecule has 0 aliphatic heterocycles. The minimum atomic E-state index is -2.31. The molecular formula is C123H274O15. The summed E-state index contributed by atoms with van der Waals surface area (Å²) in [5.74, 6) is 0. The van der Waals surface area contributed by atoms with Crippen LogP contribution in [0.15, 0.2) is 0 Å². The predicted octanol–water partition coefficient (Wildman–Crippen LogP) is 33.4. The summed E-state index contributed by atoms with van der Waals surface area (Å²) < 4.78 is 28.4. The Morgan fingerprint density at radius 1 is 0.304 bits per heavy atom. The molecule has 15 N–H and O–H groups in total. The van der Waals surface area contributed by atoms with E-state index in [2.05, 4.69) is 242 Å². The Labute approximate surface area is 876 Å². The molecule has 0 bridgehead atoms. The van der Waals surface area contributed by atoms with Gasteiger partial charge in [0, 0.05) is 22.7 Å². The number of aliphatic hydroxyl groups excluding tert-OH is 4. The standard InChI is InChI=1S/2C10H22O.3C9H20O.C8H16O.2C8H18O.C8H16.3C7H16O.3C6H14O.C5H12O/c1-9(2,3)7-6-8-10(4,5)11;1-6-8-10(11,7-2)9(3,4)5;1-8(2,3)6-7-9(4,5)10;1-6-7-9(5,10)8(2,3)4;1-6-9(10,7-2)8(3,4)5;1-7(2,3)8(4)5-6(8)9;1-7(2,3)6-8(4,5)9;1-6-8(5,9)7(2,3)4;1-7(2,3)8(4)5-6-8;3*1-6(2,3)7(4,5)8;1-6(2,3)4-5-7;2*1-5(7)6(2,3)4;1-5(2,3)4-6/h2*11H,6-8H2,1-5H3;3*10H,6-7H2,1-5H3;6,9H,5H2,1-4H3;2*9H,6H2,1-5H3;5-6H2,1-4H3;3*8H,1-5H3;7H,4-5H2,1-3H3;2*5,7H,1-4H3;6H,4H2,1-3H3/i;;;;;;;;;4D3;;;;5D;;. The van der Waals surface area contributed by atoms with Crippen molar-refractivity contribution < 1.29 is 82.1 Å². The van der Waals surface area contributed by atoms with E-state index in [1.54, 1.807) is 27.7 Å². The van der Waals surface area contributed by atoms with Crippen LogP contribution in [0.4, 0.5) is 0 Å². The smallest absolute Gasteiger partial charge is 0.0693 e. The van der Waals surface area contributed by atoms with Crippen LogP contribution in [-0.2, 0) is 0 Å². The molecule has 2 fully saturated rings. The van der Waals surface area contributed by atoms with Crippen LogP contribution < -0.4 is 0 Å². The lowest BCUT2D eigenvalue weighted by Crippen LogP contribution is -2.41. The minimum absolute atomic E-state index is 0.00174. The van der Waals surface area contributed by atoms with Crippen molar-refractivity contribution in [3.05, 3.63) is 0 Å². The fraction of sp³-hybridized carbons (Fsp3) is 1.00. The Hall–Kier alpha value is -0.600. The van der Waals surface area contributed by atoms with Crippen LogP contribution >= 0.6 is 0 Å². The van der Waals surface area contributed by atoms with E-state index in [0.29, 0.717) is 33.7 Å². The van der Waals surface area contributed by atoms with E-state index in [9.17, 15) is 56.2 Å². The maximum Gasteiger partial charge on any atom is 0.0693 e. The third-order valence-electron chi connectivity index (χ3n) is 28.6. The minimum Gasteiger partial charge on any atom is -0.396 e. The zero-order valence-electron chi connectivity index (χ0n) is 112. The highest BCUT2D eigenvalue weighted by molar-refractivity contribution is 5.06. The van der Waals surface area contributed by atoms with Crippen molar-refractivity contribution >= 4 is 0 Å². The quantitative estimate of drug-likeness (QED) is 0.0725. The summed E-state index contributed by atoms with van der Waals surface area (Å²) in [5, 5.41) is 140. The van der Waals surface area contributed by atoms with Crippen molar-refractivity contribution in [2.45, 2.75) is 688 Å². The van der Waals surface area contributed by atoms with Gasteiger partial charge in [0.2, 0.25) is 0 Å². The van der Waals surface area contributed by atoms with Crippen LogP contribution in [0.5, 0.6) is 0 Å². The third kappa shape index (κ3) is 103. The van der Waals surface area contributed by atoms with Crippen molar-refractivity contribution in [1.82, 2.24) is 0 Å². The van der Waals surface area contributed by atoms with Gasteiger partial charge in [-0.3, -0.25) is 0 Å². The van der Waals surface area contributed by atoms with Crippen molar-refractivity contribution in [2.75, 3.05) is 13.2 Å². The fourth-order valence-corrected chi connectivity index (χ4v) is 9.65. The Morgan fingerprint density at radius 3 is 0.601 bits per heavy atom. The van der Waals surface area contributed by atoms with Gasteiger partial charge in [-0.2, -0.15) is 0 Å². The maximum absolute atomic E-state index is 10.2. The lowest BCUT2D eigenvalue weighted by Gasteiger charge is -2.39. The van der Waals surface area contributed by atoms with Gasteiger partial charge in [0.25, 0.3) is 0 Å². The Balaban J connectivity index is -0.000000103. The summed E-state index contributed by atoms with van der Waals surface area (Å²) in [7, 11) is 0. The Bertz CT molecular complexity index is 2820. The highest BCUT2D eigenvalue weighted by Gasteiger charge is 2.56. The molecule has 0 radical (unpaired) electrons. The number of hydrogen-bond donors (Lipinski definition) is 15. The normalized spacial score (nSPS) is 18.7. The van der Waals surface area contributed by atoms with Crippen LogP contribution in [-0.4, -0.2) is 164 Å². The first kappa shape index (κ1) is 157. The van der Waals surface area contributed by atoms with E-state index in [4.69, 9.17) is 25.9 Å². The van der Waals surface area contributed by atoms with Gasteiger partial charge in [0.15, 0.2) is 0 Å². The lowest BCUT2D eigenvalue weighted by molar-refractivity contribution is -0.0678. The van der Waals surface area contributed by atoms with E-state index in [1.807, 2.05) is 208 Å². The average molecular weight is 2000 g/mol.